The van der Waals surface area contributed by atoms with Crippen molar-refractivity contribution in [2.45, 2.75) is 20.3 Å². The minimum atomic E-state index is 0.689. The molecule has 0 fully saturated rings. The average Bonchev–Trinajstić information content (AvgIpc) is 2.77. The van der Waals surface area contributed by atoms with Gasteiger partial charge in [0.2, 0.25) is 0 Å². The molecule has 0 amide bonds. The number of nitrogens with zero attached hydrogens (tertiary/aromatic N) is 1. The highest BCUT2D eigenvalue weighted by molar-refractivity contribution is 7.13. The number of para-hydroxylation sites is 1. The van der Waals surface area contributed by atoms with Crippen LogP contribution in [0.5, 0.6) is 5.75 Å². The highest BCUT2D eigenvalue weighted by Gasteiger charge is 2.01. The first-order valence-corrected chi connectivity index (χ1v) is 6.90. The SMILES string of the molecule is CC(C)Cc1ccc(/C=N/Oc2ccccc2)s1. The van der Waals surface area contributed by atoms with E-state index in [0.29, 0.717) is 5.92 Å². The summed E-state index contributed by atoms with van der Waals surface area (Å²) in [6.07, 6.45) is 2.89. The van der Waals surface area contributed by atoms with Gasteiger partial charge in [-0.2, -0.15) is 0 Å². The second-order valence-corrected chi connectivity index (χ2v) is 5.74. The van der Waals surface area contributed by atoms with Crippen LogP contribution in [0.2, 0.25) is 0 Å². The van der Waals surface area contributed by atoms with Crippen LogP contribution in [0.1, 0.15) is 23.6 Å². The zero-order valence-corrected chi connectivity index (χ0v) is 11.5. The van der Waals surface area contributed by atoms with Crippen LogP contribution in [0.25, 0.3) is 0 Å². The van der Waals surface area contributed by atoms with Crippen LogP contribution in [-0.4, -0.2) is 6.21 Å². The molecule has 1 aromatic carbocycles. The fourth-order valence-corrected chi connectivity index (χ4v) is 2.68. The second kappa shape index (κ2) is 6.36. The third kappa shape index (κ3) is 4.00. The zero-order valence-electron chi connectivity index (χ0n) is 10.7. The summed E-state index contributed by atoms with van der Waals surface area (Å²) >= 11 is 1.77. The topological polar surface area (TPSA) is 21.6 Å². The van der Waals surface area contributed by atoms with Crippen molar-refractivity contribution in [1.29, 1.82) is 0 Å². The predicted octanol–water partition coefficient (Wildman–Crippen LogP) is 4.36. The lowest BCUT2D eigenvalue weighted by atomic mass is 10.1. The summed E-state index contributed by atoms with van der Waals surface area (Å²) in [5, 5.41) is 3.99. The molecule has 0 aliphatic heterocycles. The molecular weight excluding hydrogens is 242 g/mol. The summed E-state index contributed by atoms with van der Waals surface area (Å²) in [6.45, 7) is 4.46. The quantitative estimate of drug-likeness (QED) is 0.577. The number of thiophene rings is 1. The largest absolute Gasteiger partial charge is 0.357 e. The van der Waals surface area contributed by atoms with Crippen molar-refractivity contribution in [3.63, 3.8) is 0 Å². The van der Waals surface area contributed by atoms with Crippen molar-refractivity contribution in [2.24, 2.45) is 11.1 Å². The highest BCUT2D eigenvalue weighted by atomic mass is 32.1. The van der Waals surface area contributed by atoms with Gasteiger partial charge < -0.3 is 4.84 Å². The number of hydrogen-bond donors (Lipinski definition) is 0. The molecule has 2 aromatic rings. The molecule has 0 bridgehead atoms. The van der Waals surface area contributed by atoms with E-state index in [2.05, 4.69) is 31.1 Å². The molecular formula is C15H17NOS. The van der Waals surface area contributed by atoms with Gasteiger partial charge in [-0.25, -0.2) is 0 Å². The third-order valence-electron chi connectivity index (χ3n) is 2.37. The van der Waals surface area contributed by atoms with Gasteiger partial charge in [-0.15, -0.1) is 11.3 Å². The molecule has 94 valence electrons. The molecule has 0 saturated carbocycles. The van der Waals surface area contributed by atoms with E-state index >= 15 is 0 Å². The van der Waals surface area contributed by atoms with E-state index in [0.717, 1.165) is 17.0 Å². The van der Waals surface area contributed by atoms with Gasteiger partial charge in [0.25, 0.3) is 0 Å². The van der Waals surface area contributed by atoms with Gasteiger partial charge in [0.05, 0.1) is 6.21 Å². The lowest BCUT2D eigenvalue weighted by molar-refractivity contribution is 0.344. The van der Waals surface area contributed by atoms with Crippen LogP contribution in [-0.2, 0) is 6.42 Å². The molecule has 0 aliphatic carbocycles. The normalized spacial score (nSPS) is 11.3. The third-order valence-corrected chi connectivity index (χ3v) is 3.42. The monoisotopic (exact) mass is 259 g/mol. The fraction of sp³-hybridized carbons (Fsp3) is 0.267. The standard InChI is InChI=1S/C15H17NOS/c1-12(2)10-14-8-9-15(18-14)11-16-17-13-6-4-3-5-7-13/h3-9,11-12H,10H2,1-2H3/b16-11+. The van der Waals surface area contributed by atoms with Crippen LogP contribution >= 0.6 is 11.3 Å². The second-order valence-electron chi connectivity index (χ2n) is 4.54. The van der Waals surface area contributed by atoms with Gasteiger partial charge >= 0.3 is 0 Å². The Bertz CT molecular complexity index is 502. The maximum absolute atomic E-state index is 5.28. The van der Waals surface area contributed by atoms with Gasteiger partial charge in [-0.05, 0) is 36.6 Å². The Morgan fingerprint density at radius 3 is 2.67 bits per heavy atom. The smallest absolute Gasteiger partial charge is 0.157 e. The van der Waals surface area contributed by atoms with E-state index in [-0.39, 0.29) is 0 Å². The first-order valence-electron chi connectivity index (χ1n) is 6.08. The molecule has 0 atom stereocenters. The van der Waals surface area contributed by atoms with E-state index in [1.54, 1.807) is 17.6 Å². The Morgan fingerprint density at radius 2 is 1.94 bits per heavy atom. The van der Waals surface area contributed by atoms with Crippen molar-refractivity contribution < 1.29 is 4.84 Å². The maximum Gasteiger partial charge on any atom is 0.157 e. The Balaban J connectivity index is 1.91. The van der Waals surface area contributed by atoms with Gasteiger partial charge in [0.15, 0.2) is 5.75 Å². The van der Waals surface area contributed by atoms with Crippen LogP contribution in [0.4, 0.5) is 0 Å². The number of oxime groups is 1. The van der Waals surface area contributed by atoms with Crippen molar-refractivity contribution in [3.8, 4) is 5.75 Å². The summed E-state index contributed by atoms with van der Waals surface area (Å²) in [5.74, 6) is 1.45. The first kappa shape index (κ1) is 12.8. The number of benzene rings is 1. The van der Waals surface area contributed by atoms with Crippen LogP contribution in [0.15, 0.2) is 47.6 Å². The van der Waals surface area contributed by atoms with Crippen molar-refractivity contribution in [2.75, 3.05) is 0 Å². The first-order chi connectivity index (χ1) is 8.74. The van der Waals surface area contributed by atoms with E-state index in [1.165, 1.54) is 4.88 Å². The average molecular weight is 259 g/mol. The van der Waals surface area contributed by atoms with Crippen LogP contribution in [0.3, 0.4) is 0 Å². The molecule has 1 aromatic heterocycles. The van der Waals surface area contributed by atoms with Gasteiger partial charge in [0.1, 0.15) is 0 Å². The zero-order chi connectivity index (χ0) is 12.8. The minimum absolute atomic E-state index is 0.689. The van der Waals surface area contributed by atoms with E-state index in [9.17, 15) is 0 Å². The Hall–Kier alpha value is -1.61. The summed E-state index contributed by atoms with van der Waals surface area (Å²) in [6, 6.07) is 13.8. The summed E-state index contributed by atoms with van der Waals surface area (Å²) in [7, 11) is 0. The highest BCUT2D eigenvalue weighted by Crippen LogP contribution is 2.18. The summed E-state index contributed by atoms with van der Waals surface area (Å²) < 4.78 is 0. The lowest BCUT2D eigenvalue weighted by Crippen LogP contribution is -1.89. The molecule has 0 unspecified atom stereocenters. The van der Waals surface area contributed by atoms with Crippen molar-refractivity contribution in [3.05, 3.63) is 52.2 Å². The number of rotatable bonds is 5. The lowest BCUT2D eigenvalue weighted by Gasteiger charge is -1.99. The summed E-state index contributed by atoms with van der Waals surface area (Å²) in [4.78, 5) is 7.80. The van der Waals surface area contributed by atoms with E-state index in [1.807, 2.05) is 30.3 Å². The molecule has 0 saturated heterocycles. The van der Waals surface area contributed by atoms with Gasteiger partial charge in [-0.1, -0.05) is 37.2 Å². The molecule has 18 heavy (non-hydrogen) atoms. The van der Waals surface area contributed by atoms with Gasteiger partial charge in [-0.3, -0.25) is 0 Å². The van der Waals surface area contributed by atoms with Crippen molar-refractivity contribution in [1.82, 2.24) is 0 Å². The molecule has 2 rings (SSSR count). The predicted molar refractivity (Wildman–Crippen MR) is 77.5 cm³/mol. The Kier molecular flexibility index (Phi) is 4.53. The number of hydrogen-bond acceptors (Lipinski definition) is 3. The van der Waals surface area contributed by atoms with Gasteiger partial charge in [0, 0.05) is 9.75 Å². The molecule has 2 nitrogen and oxygen atoms in total. The minimum Gasteiger partial charge on any atom is -0.357 e. The molecule has 1 heterocycles. The van der Waals surface area contributed by atoms with Crippen LogP contribution < -0.4 is 4.84 Å². The molecule has 0 spiro atoms. The fourth-order valence-electron chi connectivity index (χ4n) is 1.60. The molecule has 3 heteroatoms. The summed E-state index contributed by atoms with van der Waals surface area (Å²) in [5.41, 5.74) is 0. The Morgan fingerprint density at radius 1 is 1.17 bits per heavy atom. The Labute approximate surface area is 112 Å². The molecule has 0 aliphatic rings. The van der Waals surface area contributed by atoms with E-state index in [4.69, 9.17) is 4.84 Å². The molecule has 0 radical (unpaired) electrons. The van der Waals surface area contributed by atoms with E-state index < -0.39 is 0 Å². The van der Waals surface area contributed by atoms with Crippen LogP contribution in [0, 0.1) is 5.92 Å². The maximum atomic E-state index is 5.28. The van der Waals surface area contributed by atoms with Crippen molar-refractivity contribution >= 4 is 17.6 Å². The molecule has 0 N–H and O–H groups in total.